The Morgan fingerprint density at radius 3 is 2.08 bits per heavy atom. The van der Waals surface area contributed by atoms with Gasteiger partial charge in [0.05, 0.1) is 24.1 Å². The summed E-state index contributed by atoms with van der Waals surface area (Å²) >= 11 is 0. The number of benzene rings is 1. The molecule has 1 heterocycles. The molecule has 3 aliphatic carbocycles. The zero-order chi connectivity index (χ0) is 16.7. The van der Waals surface area contributed by atoms with E-state index < -0.39 is 0 Å². The lowest BCUT2D eigenvalue weighted by molar-refractivity contribution is -0.124. The van der Waals surface area contributed by atoms with Gasteiger partial charge in [-0.05, 0) is 55.4 Å². The summed E-state index contributed by atoms with van der Waals surface area (Å²) in [6, 6.07) is 7.34. The van der Waals surface area contributed by atoms with E-state index >= 15 is 0 Å². The van der Waals surface area contributed by atoms with Crippen molar-refractivity contribution in [1.29, 1.82) is 0 Å². The van der Waals surface area contributed by atoms with Gasteiger partial charge in [0.1, 0.15) is 5.75 Å². The second-order valence-corrected chi connectivity index (χ2v) is 7.05. The molecule has 126 valence electrons. The number of carbonyl (C=O) groups excluding carboxylic acids is 2. The smallest absolute Gasteiger partial charge is 0.238 e. The topological polar surface area (TPSA) is 46.6 Å². The molecule has 1 saturated heterocycles. The molecular formula is C20H23NO3. The quantitative estimate of drug-likeness (QED) is 0.472. The monoisotopic (exact) mass is 325 g/mol. The number of carbonyl (C=O) groups is 2. The largest absolute Gasteiger partial charge is 0.494 e. The van der Waals surface area contributed by atoms with Crippen LogP contribution in [0.25, 0.3) is 0 Å². The molecule has 5 rings (SSSR count). The van der Waals surface area contributed by atoms with E-state index in [2.05, 4.69) is 19.1 Å². The van der Waals surface area contributed by atoms with Crippen molar-refractivity contribution in [3.8, 4) is 5.75 Å². The molecule has 0 aromatic heterocycles. The molecule has 24 heavy (non-hydrogen) atoms. The fraction of sp³-hybridized carbons (Fsp3) is 0.500. The lowest BCUT2D eigenvalue weighted by atomic mass is 9.63. The van der Waals surface area contributed by atoms with Crippen molar-refractivity contribution in [2.45, 2.75) is 32.6 Å². The van der Waals surface area contributed by atoms with E-state index in [1.807, 2.05) is 24.3 Å². The van der Waals surface area contributed by atoms with E-state index in [9.17, 15) is 9.59 Å². The second-order valence-electron chi connectivity index (χ2n) is 7.05. The molecule has 0 unspecified atom stereocenters. The van der Waals surface area contributed by atoms with Crippen LogP contribution in [0.3, 0.4) is 0 Å². The minimum atomic E-state index is -0.151. The highest BCUT2D eigenvalue weighted by Crippen LogP contribution is 2.50. The van der Waals surface area contributed by atoms with Gasteiger partial charge in [-0.25, -0.2) is 0 Å². The summed E-state index contributed by atoms with van der Waals surface area (Å²) in [5, 5.41) is 0. The average Bonchev–Trinajstić information content (AvgIpc) is 2.90. The SMILES string of the molecule is CCCCOc1ccc(N2C(=O)[C@@H]3[C@@H](C2=O)[C@H]2C=C[C@H]3CC2)cc1. The summed E-state index contributed by atoms with van der Waals surface area (Å²) in [5.41, 5.74) is 0.668. The molecule has 1 aromatic rings. The summed E-state index contributed by atoms with van der Waals surface area (Å²) in [7, 11) is 0. The molecule has 4 heteroatoms. The highest BCUT2D eigenvalue weighted by Gasteiger charge is 2.56. The van der Waals surface area contributed by atoms with Crippen molar-refractivity contribution in [1.82, 2.24) is 0 Å². The number of unbranched alkanes of at least 4 members (excludes halogenated alkanes) is 1. The molecule has 0 radical (unpaired) electrons. The molecule has 4 atom stereocenters. The number of allylic oxidation sites excluding steroid dienone is 2. The third kappa shape index (κ3) is 2.36. The van der Waals surface area contributed by atoms with Crippen LogP contribution in [0, 0.1) is 23.7 Å². The van der Waals surface area contributed by atoms with E-state index in [4.69, 9.17) is 4.74 Å². The fourth-order valence-corrected chi connectivity index (χ4v) is 4.35. The van der Waals surface area contributed by atoms with Gasteiger partial charge in [0, 0.05) is 0 Å². The number of rotatable bonds is 5. The number of imide groups is 1. The van der Waals surface area contributed by atoms with Crippen LogP contribution in [0.2, 0.25) is 0 Å². The van der Waals surface area contributed by atoms with E-state index in [1.54, 1.807) is 0 Å². The lowest BCUT2D eigenvalue weighted by Gasteiger charge is -2.38. The first-order valence-electron chi connectivity index (χ1n) is 8.99. The Morgan fingerprint density at radius 2 is 1.58 bits per heavy atom. The highest BCUT2D eigenvalue weighted by atomic mass is 16.5. The zero-order valence-electron chi connectivity index (χ0n) is 14.0. The first-order valence-corrected chi connectivity index (χ1v) is 8.99. The van der Waals surface area contributed by atoms with Crippen LogP contribution < -0.4 is 9.64 Å². The molecule has 1 aromatic carbocycles. The Morgan fingerprint density at radius 1 is 1.00 bits per heavy atom. The normalized spacial score (nSPS) is 30.8. The van der Waals surface area contributed by atoms with Gasteiger partial charge in [0.2, 0.25) is 11.8 Å². The number of hydrogen-bond donors (Lipinski definition) is 0. The number of amides is 2. The molecule has 1 aliphatic heterocycles. The van der Waals surface area contributed by atoms with Gasteiger partial charge in [-0.15, -0.1) is 0 Å². The standard InChI is InChI=1S/C20H23NO3/c1-2-3-12-24-16-10-8-15(9-11-16)21-19(22)17-13-4-5-14(7-6-13)18(17)20(21)23/h4-5,8-11,13-14,17-18H,2-3,6-7,12H2,1H3/t13-,14-,17-,18-/m0/s1. The van der Waals surface area contributed by atoms with Gasteiger partial charge in [-0.1, -0.05) is 25.5 Å². The molecular weight excluding hydrogens is 302 g/mol. The van der Waals surface area contributed by atoms with Gasteiger partial charge in [-0.3, -0.25) is 14.5 Å². The van der Waals surface area contributed by atoms with E-state index in [-0.39, 0.29) is 35.5 Å². The maximum atomic E-state index is 12.9. The molecule has 4 aliphatic rings. The van der Waals surface area contributed by atoms with E-state index in [1.165, 1.54) is 4.90 Å². The minimum Gasteiger partial charge on any atom is -0.494 e. The van der Waals surface area contributed by atoms with Crippen molar-refractivity contribution >= 4 is 17.5 Å². The molecule has 2 amide bonds. The first kappa shape index (κ1) is 15.4. The maximum Gasteiger partial charge on any atom is 0.238 e. The number of anilines is 1. The molecule has 2 bridgehead atoms. The van der Waals surface area contributed by atoms with Gasteiger partial charge < -0.3 is 4.74 Å². The van der Waals surface area contributed by atoms with Crippen molar-refractivity contribution in [3.05, 3.63) is 36.4 Å². The third-order valence-corrected chi connectivity index (χ3v) is 5.62. The number of ether oxygens (including phenoxy) is 1. The van der Waals surface area contributed by atoms with Crippen molar-refractivity contribution in [3.63, 3.8) is 0 Å². The highest BCUT2D eigenvalue weighted by molar-refractivity contribution is 6.22. The van der Waals surface area contributed by atoms with Gasteiger partial charge in [-0.2, -0.15) is 0 Å². The van der Waals surface area contributed by atoms with Crippen molar-refractivity contribution in [2.24, 2.45) is 23.7 Å². The van der Waals surface area contributed by atoms with Crippen LogP contribution in [0.5, 0.6) is 5.75 Å². The molecule has 1 saturated carbocycles. The van der Waals surface area contributed by atoms with E-state index in [0.29, 0.717) is 12.3 Å². The van der Waals surface area contributed by atoms with Gasteiger partial charge >= 0.3 is 0 Å². The van der Waals surface area contributed by atoms with Crippen LogP contribution in [0.15, 0.2) is 36.4 Å². The Labute approximate surface area is 142 Å². The second kappa shape index (κ2) is 6.08. The zero-order valence-corrected chi connectivity index (χ0v) is 14.0. The van der Waals surface area contributed by atoms with Crippen molar-refractivity contribution in [2.75, 3.05) is 11.5 Å². The Balaban J connectivity index is 1.54. The summed E-state index contributed by atoms with van der Waals surface area (Å²) in [6.45, 7) is 2.81. The minimum absolute atomic E-state index is 0.0244. The molecule has 0 spiro atoms. The van der Waals surface area contributed by atoms with Crippen LogP contribution in [-0.2, 0) is 9.59 Å². The van der Waals surface area contributed by atoms with E-state index in [0.717, 1.165) is 31.4 Å². The molecule has 2 fully saturated rings. The number of hydrogen-bond acceptors (Lipinski definition) is 3. The summed E-state index contributed by atoms with van der Waals surface area (Å²) in [5.74, 6) is 0.900. The lowest BCUT2D eigenvalue weighted by Crippen LogP contribution is -2.38. The summed E-state index contributed by atoms with van der Waals surface area (Å²) in [6.07, 6.45) is 8.46. The third-order valence-electron chi connectivity index (χ3n) is 5.62. The first-order chi connectivity index (χ1) is 11.7. The van der Waals surface area contributed by atoms with Crippen LogP contribution in [0.4, 0.5) is 5.69 Å². The summed E-state index contributed by atoms with van der Waals surface area (Å²) in [4.78, 5) is 27.2. The van der Waals surface area contributed by atoms with Crippen LogP contribution >= 0.6 is 0 Å². The Kier molecular flexibility index (Phi) is 3.91. The van der Waals surface area contributed by atoms with Gasteiger partial charge in [0.25, 0.3) is 0 Å². The van der Waals surface area contributed by atoms with Crippen molar-refractivity contribution < 1.29 is 14.3 Å². The predicted octanol–water partition coefficient (Wildman–Crippen LogP) is 3.57. The van der Waals surface area contributed by atoms with Gasteiger partial charge in [0.15, 0.2) is 0 Å². The fourth-order valence-electron chi connectivity index (χ4n) is 4.35. The Bertz CT molecular complexity index is 647. The molecule has 0 N–H and O–H groups in total. The number of fused-ring (bicyclic) bond motifs is 1. The maximum absolute atomic E-state index is 12.9. The summed E-state index contributed by atoms with van der Waals surface area (Å²) < 4.78 is 5.66. The number of nitrogens with zero attached hydrogens (tertiary/aromatic N) is 1. The van der Waals surface area contributed by atoms with Crippen LogP contribution in [0.1, 0.15) is 32.6 Å². The van der Waals surface area contributed by atoms with Crippen LogP contribution in [-0.4, -0.2) is 18.4 Å². The predicted molar refractivity (Wildman–Crippen MR) is 91.7 cm³/mol. The average molecular weight is 325 g/mol. The Hall–Kier alpha value is -2.10. The molecule has 4 nitrogen and oxygen atoms in total.